The Bertz CT molecular complexity index is 333. The standard InChI is InChI=1S/C24H46O2/c1-5-6-7-8-9-10-11-12-13-14-15-16-17-18-19-20-21-26-24(25)23(4)22(2)3/h22H,4-21H2,1-3H3. The third-order valence-corrected chi connectivity index (χ3v) is 5.19. The van der Waals surface area contributed by atoms with Crippen LogP contribution in [0.3, 0.4) is 0 Å². The number of carbonyl (C=O) groups excluding carboxylic acids is 1. The van der Waals surface area contributed by atoms with E-state index >= 15 is 0 Å². The van der Waals surface area contributed by atoms with Crippen molar-refractivity contribution in [1.29, 1.82) is 0 Å². The summed E-state index contributed by atoms with van der Waals surface area (Å²) in [5, 5.41) is 0. The molecule has 2 nitrogen and oxygen atoms in total. The molecule has 154 valence electrons. The largest absolute Gasteiger partial charge is 0.462 e. The van der Waals surface area contributed by atoms with Crippen molar-refractivity contribution in [3.63, 3.8) is 0 Å². The van der Waals surface area contributed by atoms with Crippen LogP contribution in [0.2, 0.25) is 0 Å². The second kappa shape index (κ2) is 19.0. The van der Waals surface area contributed by atoms with Gasteiger partial charge in [0.15, 0.2) is 0 Å². The van der Waals surface area contributed by atoms with Gasteiger partial charge in [-0.2, -0.15) is 0 Å². The second-order valence-corrected chi connectivity index (χ2v) is 8.12. The summed E-state index contributed by atoms with van der Waals surface area (Å²) < 4.78 is 5.25. The van der Waals surface area contributed by atoms with E-state index in [-0.39, 0.29) is 11.9 Å². The van der Waals surface area contributed by atoms with Crippen molar-refractivity contribution in [3.05, 3.63) is 12.2 Å². The first-order valence-corrected chi connectivity index (χ1v) is 11.5. The fourth-order valence-corrected chi connectivity index (χ4v) is 3.14. The molecule has 0 atom stereocenters. The minimum Gasteiger partial charge on any atom is -0.462 e. The van der Waals surface area contributed by atoms with Crippen molar-refractivity contribution in [2.24, 2.45) is 5.92 Å². The quantitative estimate of drug-likeness (QED) is 0.131. The average Bonchev–Trinajstić information content (AvgIpc) is 2.63. The summed E-state index contributed by atoms with van der Waals surface area (Å²) in [4.78, 5) is 11.6. The van der Waals surface area contributed by atoms with Crippen LogP contribution in [0.1, 0.15) is 124 Å². The van der Waals surface area contributed by atoms with Crippen LogP contribution in [-0.4, -0.2) is 12.6 Å². The van der Waals surface area contributed by atoms with Gasteiger partial charge < -0.3 is 4.74 Å². The SMILES string of the molecule is C=C(C(=O)OCCCCCCCCCCCCCCCCCC)C(C)C. The maximum Gasteiger partial charge on any atom is 0.333 e. The molecule has 0 radical (unpaired) electrons. The molecule has 2 heteroatoms. The Labute approximate surface area is 164 Å². The number of hydrogen-bond acceptors (Lipinski definition) is 2. The molecular formula is C24H46O2. The third kappa shape index (κ3) is 16.7. The number of ether oxygens (including phenoxy) is 1. The van der Waals surface area contributed by atoms with Crippen molar-refractivity contribution in [2.75, 3.05) is 6.61 Å². The van der Waals surface area contributed by atoms with E-state index in [4.69, 9.17) is 4.74 Å². The van der Waals surface area contributed by atoms with Crippen LogP contribution in [0.25, 0.3) is 0 Å². The average molecular weight is 367 g/mol. The first-order valence-electron chi connectivity index (χ1n) is 11.5. The highest BCUT2D eigenvalue weighted by atomic mass is 16.5. The molecule has 0 fully saturated rings. The molecule has 0 heterocycles. The Morgan fingerprint density at radius 1 is 0.692 bits per heavy atom. The van der Waals surface area contributed by atoms with Gasteiger partial charge in [-0.3, -0.25) is 0 Å². The Morgan fingerprint density at radius 2 is 1.04 bits per heavy atom. The summed E-state index contributed by atoms with van der Waals surface area (Å²) in [6.07, 6.45) is 21.7. The van der Waals surface area contributed by atoms with Crippen LogP contribution in [-0.2, 0) is 9.53 Å². The molecule has 0 aromatic carbocycles. The molecule has 0 aliphatic carbocycles. The molecule has 0 aromatic heterocycles. The number of esters is 1. The summed E-state index contributed by atoms with van der Waals surface area (Å²) in [5.74, 6) is -0.0470. The van der Waals surface area contributed by atoms with E-state index in [1.165, 1.54) is 96.3 Å². The van der Waals surface area contributed by atoms with E-state index in [9.17, 15) is 4.79 Å². The number of hydrogen-bond donors (Lipinski definition) is 0. The van der Waals surface area contributed by atoms with Gasteiger partial charge in [-0.05, 0) is 12.3 Å². The van der Waals surface area contributed by atoms with Crippen LogP contribution in [0.5, 0.6) is 0 Å². The second-order valence-electron chi connectivity index (χ2n) is 8.12. The smallest absolute Gasteiger partial charge is 0.333 e. The fourth-order valence-electron chi connectivity index (χ4n) is 3.14. The molecule has 0 amide bonds. The predicted octanol–water partition coefficient (Wildman–Crippen LogP) is 8.00. The van der Waals surface area contributed by atoms with Crippen molar-refractivity contribution in [3.8, 4) is 0 Å². The van der Waals surface area contributed by atoms with Crippen LogP contribution < -0.4 is 0 Å². The molecule has 0 rings (SSSR count). The Morgan fingerprint density at radius 3 is 1.38 bits per heavy atom. The summed E-state index contributed by atoms with van der Waals surface area (Å²) in [6.45, 7) is 10.5. The van der Waals surface area contributed by atoms with E-state index in [0.29, 0.717) is 12.2 Å². The van der Waals surface area contributed by atoms with E-state index in [0.717, 1.165) is 6.42 Å². The van der Waals surface area contributed by atoms with E-state index in [1.54, 1.807) is 0 Å². The van der Waals surface area contributed by atoms with E-state index in [1.807, 2.05) is 13.8 Å². The summed E-state index contributed by atoms with van der Waals surface area (Å²) in [6, 6.07) is 0. The van der Waals surface area contributed by atoms with Crippen molar-refractivity contribution in [2.45, 2.75) is 124 Å². The normalized spacial score (nSPS) is 11.1. The summed E-state index contributed by atoms with van der Waals surface area (Å²) in [5.41, 5.74) is 0.585. The third-order valence-electron chi connectivity index (χ3n) is 5.19. The molecule has 0 saturated carbocycles. The number of carbonyl (C=O) groups is 1. The van der Waals surface area contributed by atoms with E-state index < -0.39 is 0 Å². The van der Waals surface area contributed by atoms with Crippen molar-refractivity contribution in [1.82, 2.24) is 0 Å². The Balaban J connectivity index is 3.16. The molecule has 0 aliphatic rings. The van der Waals surface area contributed by atoms with Crippen LogP contribution in [0.15, 0.2) is 12.2 Å². The van der Waals surface area contributed by atoms with Gasteiger partial charge in [0, 0.05) is 5.57 Å². The molecule has 0 spiro atoms. The minimum atomic E-state index is -0.221. The lowest BCUT2D eigenvalue weighted by molar-refractivity contribution is -0.139. The van der Waals surface area contributed by atoms with E-state index in [2.05, 4.69) is 13.5 Å². The maximum absolute atomic E-state index is 11.6. The first kappa shape index (κ1) is 25.2. The molecule has 0 bridgehead atoms. The summed E-state index contributed by atoms with van der Waals surface area (Å²) in [7, 11) is 0. The highest BCUT2D eigenvalue weighted by molar-refractivity contribution is 5.88. The molecule has 0 saturated heterocycles. The van der Waals surface area contributed by atoms with Gasteiger partial charge >= 0.3 is 5.97 Å². The number of unbranched alkanes of at least 4 members (excludes halogenated alkanes) is 15. The van der Waals surface area contributed by atoms with Gasteiger partial charge in [-0.15, -0.1) is 0 Å². The molecular weight excluding hydrogens is 320 g/mol. The highest BCUT2D eigenvalue weighted by Gasteiger charge is 2.11. The minimum absolute atomic E-state index is 0.174. The molecule has 0 unspecified atom stereocenters. The maximum atomic E-state index is 11.6. The first-order chi connectivity index (χ1) is 12.6. The van der Waals surface area contributed by atoms with Gasteiger partial charge in [0.05, 0.1) is 6.61 Å². The number of rotatable bonds is 19. The summed E-state index contributed by atoms with van der Waals surface area (Å²) >= 11 is 0. The van der Waals surface area contributed by atoms with Crippen molar-refractivity contribution < 1.29 is 9.53 Å². The molecule has 0 aliphatic heterocycles. The monoisotopic (exact) mass is 366 g/mol. The molecule has 0 aromatic rings. The lowest BCUT2D eigenvalue weighted by Crippen LogP contribution is -2.12. The van der Waals surface area contributed by atoms with Gasteiger partial charge in [-0.1, -0.05) is 124 Å². The van der Waals surface area contributed by atoms with Crippen LogP contribution >= 0.6 is 0 Å². The molecule has 26 heavy (non-hydrogen) atoms. The topological polar surface area (TPSA) is 26.3 Å². The zero-order valence-corrected chi connectivity index (χ0v) is 18.1. The lowest BCUT2D eigenvalue weighted by Gasteiger charge is -2.09. The van der Waals surface area contributed by atoms with Crippen LogP contribution in [0.4, 0.5) is 0 Å². The van der Waals surface area contributed by atoms with Gasteiger partial charge in [0.25, 0.3) is 0 Å². The molecule has 0 N–H and O–H groups in total. The fraction of sp³-hybridized carbons (Fsp3) is 0.875. The Hall–Kier alpha value is -0.790. The van der Waals surface area contributed by atoms with Gasteiger partial charge in [-0.25, -0.2) is 4.79 Å². The Kier molecular flexibility index (Phi) is 18.4. The lowest BCUT2D eigenvalue weighted by atomic mass is 10.0. The van der Waals surface area contributed by atoms with Crippen molar-refractivity contribution >= 4 is 5.97 Å². The zero-order chi connectivity index (χ0) is 19.5. The zero-order valence-electron chi connectivity index (χ0n) is 18.1. The van der Waals surface area contributed by atoms with Gasteiger partial charge in [0.1, 0.15) is 0 Å². The van der Waals surface area contributed by atoms with Gasteiger partial charge in [0.2, 0.25) is 0 Å². The highest BCUT2D eigenvalue weighted by Crippen LogP contribution is 2.14. The predicted molar refractivity (Wildman–Crippen MR) is 114 cm³/mol. The van der Waals surface area contributed by atoms with Crippen LogP contribution in [0, 0.1) is 5.92 Å².